The van der Waals surface area contributed by atoms with Crippen LogP contribution >= 0.6 is 11.3 Å². The molecule has 1 aromatic carbocycles. The van der Waals surface area contributed by atoms with Crippen LogP contribution in [0.1, 0.15) is 16.5 Å². The molecule has 0 saturated heterocycles. The van der Waals surface area contributed by atoms with E-state index < -0.39 is 0 Å². The fourth-order valence-electron chi connectivity index (χ4n) is 3.54. The second-order valence-corrected chi connectivity index (χ2v) is 8.16. The van der Waals surface area contributed by atoms with Crippen LogP contribution in [0.2, 0.25) is 0 Å². The van der Waals surface area contributed by atoms with Crippen molar-refractivity contribution in [3.05, 3.63) is 52.0 Å². The first-order valence-corrected chi connectivity index (χ1v) is 10.9. The van der Waals surface area contributed by atoms with E-state index in [1.807, 2.05) is 11.4 Å². The van der Waals surface area contributed by atoms with Crippen LogP contribution in [0.3, 0.4) is 0 Å². The van der Waals surface area contributed by atoms with Gasteiger partial charge >= 0.3 is 0 Å². The minimum atomic E-state index is -0.334. The quantitative estimate of drug-likeness (QED) is 0.557. The molecule has 2 aromatic rings. The third-order valence-corrected chi connectivity index (χ3v) is 6.15. The lowest BCUT2D eigenvalue weighted by atomic mass is 10.0. The molecule has 1 aromatic heterocycles. The van der Waals surface area contributed by atoms with Gasteiger partial charge in [-0.2, -0.15) is 0 Å². The monoisotopic (exact) mass is 450 g/mol. The number of benzene rings is 1. The molecule has 0 fully saturated rings. The molecule has 0 bridgehead atoms. The van der Waals surface area contributed by atoms with Gasteiger partial charge in [-0.25, -0.2) is 4.39 Å². The molecule has 7 nitrogen and oxygen atoms in total. The Labute approximate surface area is 185 Å². The highest BCUT2D eigenvalue weighted by atomic mass is 32.1. The van der Waals surface area contributed by atoms with Crippen molar-refractivity contribution in [3.8, 4) is 5.75 Å². The Kier molecular flexibility index (Phi) is 8.39. The van der Waals surface area contributed by atoms with Crippen molar-refractivity contribution in [2.24, 2.45) is 0 Å². The highest BCUT2D eigenvalue weighted by molar-refractivity contribution is 7.10. The van der Waals surface area contributed by atoms with Crippen LogP contribution in [0.5, 0.6) is 5.75 Å². The molecule has 9 heteroatoms. The number of halogens is 1. The smallest absolute Gasteiger partial charge is 0.249 e. The number of ether oxygens (including phenoxy) is 3. The van der Waals surface area contributed by atoms with Crippen LogP contribution in [0.4, 0.5) is 4.39 Å². The van der Waals surface area contributed by atoms with Gasteiger partial charge in [0.1, 0.15) is 24.8 Å². The average Bonchev–Trinajstić information content (AvgIpc) is 3.25. The minimum absolute atomic E-state index is 0.0575. The van der Waals surface area contributed by atoms with Crippen LogP contribution < -0.4 is 4.74 Å². The largest absolute Gasteiger partial charge is 0.491 e. The van der Waals surface area contributed by atoms with Crippen molar-refractivity contribution in [2.75, 3.05) is 53.7 Å². The number of amides is 2. The molecule has 2 amide bonds. The van der Waals surface area contributed by atoms with Crippen molar-refractivity contribution >= 4 is 23.2 Å². The topological polar surface area (TPSA) is 68.3 Å². The van der Waals surface area contributed by atoms with Gasteiger partial charge in [0.25, 0.3) is 0 Å². The molecule has 1 atom stereocenters. The molecule has 0 N–H and O–H groups in total. The zero-order valence-corrected chi connectivity index (χ0v) is 18.5. The molecule has 3 rings (SSSR count). The summed E-state index contributed by atoms with van der Waals surface area (Å²) >= 11 is 1.66. The Morgan fingerprint density at radius 1 is 1.19 bits per heavy atom. The average molecular weight is 451 g/mol. The summed E-state index contributed by atoms with van der Waals surface area (Å²) in [5, 5.41) is 2.01. The number of hydrogen-bond donors (Lipinski definition) is 0. The maximum absolute atomic E-state index is 13.2. The second-order valence-electron chi connectivity index (χ2n) is 7.16. The molecular weight excluding hydrogens is 423 g/mol. The second kappa shape index (κ2) is 11.2. The number of rotatable bonds is 10. The number of thiophene rings is 1. The van der Waals surface area contributed by atoms with Crippen molar-refractivity contribution in [1.29, 1.82) is 0 Å². The number of methoxy groups -OCH3 is 2. The van der Waals surface area contributed by atoms with Gasteiger partial charge < -0.3 is 24.0 Å². The Balaban J connectivity index is 1.74. The molecule has 1 aliphatic rings. The van der Waals surface area contributed by atoms with Gasteiger partial charge in [0.05, 0.1) is 19.2 Å². The summed E-state index contributed by atoms with van der Waals surface area (Å²) in [4.78, 5) is 30.0. The molecule has 31 heavy (non-hydrogen) atoms. The molecule has 168 valence electrons. The maximum Gasteiger partial charge on any atom is 0.249 e. The van der Waals surface area contributed by atoms with E-state index in [1.54, 1.807) is 35.5 Å². The summed E-state index contributed by atoms with van der Waals surface area (Å²) in [6.07, 6.45) is 0.760. The highest BCUT2D eigenvalue weighted by Gasteiger charge is 2.33. The zero-order chi connectivity index (χ0) is 22.2. The first kappa shape index (κ1) is 23.2. The van der Waals surface area contributed by atoms with Crippen molar-refractivity contribution in [1.82, 2.24) is 9.80 Å². The lowest BCUT2D eigenvalue weighted by molar-refractivity contribution is -0.145. The maximum atomic E-state index is 13.2. The van der Waals surface area contributed by atoms with Crippen LogP contribution in [-0.2, 0) is 25.5 Å². The first-order chi connectivity index (χ1) is 15.0. The minimum Gasteiger partial charge on any atom is -0.491 e. The Morgan fingerprint density at radius 3 is 2.68 bits per heavy atom. The Hall–Kier alpha value is -2.49. The normalized spacial score (nSPS) is 15.5. The van der Waals surface area contributed by atoms with Gasteiger partial charge in [-0.05, 0) is 47.7 Å². The Morgan fingerprint density at radius 2 is 1.97 bits per heavy atom. The van der Waals surface area contributed by atoms with Gasteiger partial charge in [0.2, 0.25) is 11.8 Å². The molecule has 0 spiro atoms. The standard InChI is InChI=1S/C22H27FN2O5S/c1-28-11-10-24(22(27)15-29-2)13-21(26)25-9-7-20-18(8-12-31-20)19(25)14-30-17-5-3-16(23)4-6-17/h3-6,8,12,19H,7,9-11,13-15H2,1-2H3. The van der Waals surface area contributed by atoms with Crippen LogP contribution in [0.15, 0.2) is 35.7 Å². The van der Waals surface area contributed by atoms with Gasteiger partial charge in [-0.3, -0.25) is 9.59 Å². The van der Waals surface area contributed by atoms with Gasteiger partial charge in [-0.15, -0.1) is 11.3 Å². The molecule has 1 unspecified atom stereocenters. The van der Waals surface area contributed by atoms with E-state index in [9.17, 15) is 14.0 Å². The number of carbonyl (C=O) groups is 2. The van der Waals surface area contributed by atoms with Crippen molar-refractivity contribution in [3.63, 3.8) is 0 Å². The summed E-state index contributed by atoms with van der Waals surface area (Å²) in [5.74, 6) is -0.225. The van der Waals surface area contributed by atoms with E-state index >= 15 is 0 Å². The highest BCUT2D eigenvalue weighted by Crippen LogP contribution is 2.34. The summed E-state index contributed by atoms with van der Waals surface area (Å²) < 4.78 is 29.1. The SMILES string of the molecule is COCCN(CC(=O)N1CCc2sccc2C1COc1ccc(F)cc1)C(=O)COC. The third kappa shape index (κ3) is 6.03. The number of hydrogen-bond acceptors (Lipinski definition) is 6. The van der Waals surface area contributed by atoms with E-state index in [4.69, 9.17) is 14.2 Å². The first-order valence-electron chi connectivity index (χ1n) is 10.0. The van der Waals surface area contributed by atoms with Crippen molar-refractivity contribution < 1.29 is 28.2 Å². The molecule has 0 aliphatic carbocycles. The lowest BCUT2D eigenvalue weighted by Crippen LogP contribution is -2.49. The summed E-state index contributed by atoms with van der Waals surface area (Å²) in [6, 6.07) is 7.53. The predicted molar refractivity (Wildman–Crippen MR) is 115 cm³/mol. The summed E-state index contributed by atoms with van der Waals surface area (Å²) in [5.41, 5.74) is 1.05. The molecular formula is C22H27FN2O5S. The lowest BCUT2D eigenvalue weighted by Gasteiger charge is -2.37. The molecule has 0 radical (unpaired) electrons. The summed E-state index contributed by atoms with van der Waals surface area (Å²) in [6.45, 7) is 1.26. The molecule has 0 saturated carbocycles. The third-order valence-electron chi connectivity index (χ3n) is 5.15. The number of fused-ring (bicyclic) bond motifs is 1. The zero-order valence-electron chi connectivity index (χ0n) is 17.7. The van der Waals surface area contributed by atoms with E-state index in [0.717, 1.165) is 12.0 Å². The predicted octanol–water partition coefficient (Wildman–Crippen LogP) is 2.51. The van der Waals surface area contributed by atoms with Gasteiger partial charge in [0, 0.05) is 32.2 Å². The Bertz CT molecular complexity index is 873. The molecule has 2 heterocycles. The van der Waals surface area contributed by atoms with Crippen LogP contribution in [-0.4, -0.2) is 75.3 Å². The van der Waals surface area contributed by atoms with Gasteiger partial charge in [0.15, 0.2) is 0 Å². The van der Waals surface area contributed by atoms with Crippen LogP contribution in [0, 0.1) is 5.82 Å². The van der Waals surface area contributed by atoms with Crippen molar-refractivity contribution in [2.45, 2.75) is 12.5 Å². The fourth-order valence-corrected chi connectivity index (χ4v) is 4.47. The van der Waals surface area contributed by atoms with E-state index in [1.165, 1.54) is 29.0 Å². The summed E-state index contributed by atoms with van der Waals surface area (Å²) in [7, 11) is 2.99. The number of nitrogens with zero attached hydrogens (tertiary/aromatic N) is 2. The molecule has 1 aliphatic heterocycles. The number of carbonyl (C=O) groups excluding carboxylic acids is 2. The van der Waals surface area contributed by atoms with E-state index in [2.05, 4.69) is 0 Å². The van der Waals surface area contributed by atoms with Crippen LogP contribution in [0.25, 0.3) is 0 Å². The van der Waals surface area contributed by atoms with E-state index in [-0.39, 0.29) is 43.4 Å². The van der Waals surface area contributed by atoms with Gasteiger partial charge in [-0.1, -0.05) is 0 Å². The fraction of sp³-hybridized carbons (Fsp3) is 0.455. The van der Waals surface area contributed by atoms with E-state index in [0.29, 0.717) is 25.4 Å².